The van der Waals surface area contributed by atoms with Crippen molar-refractivity contribution in [3.8, 4) is 11.6 Å². The summed E-state index contributed by atoms with van der Waals surface area (Å²) in [6.45, 7) is 4.94. The molecule has 1 aliphatic rings. The van der Waals surface area contributed by atoms with Crippen LogP contribution in [0.5, 0.6) is 0 Å². The molecule has 0 spiro atoms. The fourth-order valence-corrected chi connectivity index (χ4v) is 2.41. The molecule has 1 aliphatic heterocycles. The van der Waals surface area contributed by atoms with E-state index in [0.717, 1.165) is 31.4 Å². The molecular formula is C13H19N7. The van der Waals surface area contributed by atoms with Gasteiger partial charge in [-0.2, -0.15) is 15.0 Å². The number of anilines is 2. The average Bonchev–Trinajstić information content (AvgIpc) is 3.17. The van der Waals surface area contributed by atoms with Gasteiger partial charge in [0, 0.05) is 39.1 Å². The zero-order chi connectivity index (χ0) is 13.9. The van der Waals surface area contributed by atoms with Crippen molar-refractivity contribution < 1.29 is 0 Å². The van der Waals surface area contributed by atoms with E-state index < -0.39 is 0 Å². The van der Waals surface area contributed by atoms with Gasteiger partial charge in [0.15, 0.2) is 5.82 Å². The van der Waals surface area contributed by atoms with E-state index in [4.69, 9.17) is 0 Å². The maximum absolute atomic E-state index is 4.59. The van der Waals surface area contributed by atoms with Crippen molar-refractivity contribution in [3.05, 3.63) is 12.4 Å². The molecule has 0 bridgehead atoms. The molecule has 2 aromatic rings. The molecule has 1 saturated heterocycles. The van der Waals surface area contributed by atoms with E-state index in [-0.39, 0.29) is 0 Å². The van der Waals surface area contributed by atoms with Gasteiger partial charge in [0.05, 0.1) is 0 Å². The first-order valence-electron chi connectivity index (χ1n) is 7.02. The molecule has 0 atom stereocenters. The van der Waals surface area contributed by atoms with Crippen molar-refractivity contribution >= 4 is 11.9 Å². The summed E-state index contributed by atoms with van der Waals surface area (Å²) in [6.07, 6.45) is 6.10. The molecule has 7 heteroatoms. The van der Waals surface area contributed by atoms with Gasteiger partial charge in [-0.1, -0.05) is 0 Å². The van der Waals surface area contributed by atoms with Crippen molar-refractivity contribution in [1.29, 1.82) is 0 Å². The van der Waals surface area contributed by atoms with Crippen LogP contribution in [-0.4, -0.2) is 44.6 Å². The van der Waals surface area contributed by atoms with Crippen molar-refractivity contribution in [3.63, 3.8) is 0 Å². The highest BCUT2D eigenvalue weighted by atomic mass is 15.3. The second kappa shape index (κ2) is 5.44. The SMILES string of the molecule is CCn1ccnc1-c1nc(NC)nc(N2CCCC2)n1. The Morgan fingerprint density at radius 3 is 2.70 bits per heavy atom. The van der Waals surface area contributed by atoms with E-state index in [1.165, 1.54) is 12.8 Å². The summed E-state index contributed by atoms with van der Waals surface area (Å²) in [7, 11) is 1.82. The number of rotatable bonds is 4. The third kappa shape index (κ3) is 2.31. The Bertz CT molecular complexity index is 586. The highest BCUT2D eigenvalue weighted by Crippen LogP contribution is 2.21. The molecule has 3 rings (SSSR count). The molecule has 7 nitrogen and oxygen atoms in total. The van der Waals surface area contributed by atoms with E-state index in [2.05, 4.69) is 37.1 Å². The van der Waals surface area contributed by atoms with Gasteiger partial charge in [-0.15, -0.1) is 0 Å². The lowest BCUT2D eigenvalue weighted by Crippen LogP contribution is -2.22. The number of aryl methyl sites for hydroxylation is 1. The molecule has 0 unspecified atom stereocenters. The fraction of sp³-hybridized carbons (Fsp3) is 0.538. The summed E-state index contributed by atoms with van der Waals surface area (Å²) in [5.74, 6) is 2.73. The average molecular weight is 273 g/mol. The van der Waals surface area contributed by atoms with Gasteiger partial charge >= 0.3 is 0 Å². The van der Waals surface area contributed by atoms with Gasteiger partial charge in [0.1, 0.15) is 0 Å². The van der Waals surface area contributed by atoms with Gasteiger partial charge < -0.3 is 14.8 Å². The largest absolute Gasteiger partial charge is 0.357 e. The van der Waals surface area contributed by atoms with Crippen molar-refractivity contribution in [2.75, 3.05) is 30.4 Å². The Kier molecular flexibility index (Phi) is 3.49. The highest BCUT2D eigenvalue weighted by Gasteiger charge is 2.19. The lowest BCUT2D eigenvalue weighted by Gasteiger charge is -2.16. The maximum Gasteiger partial charge on any atom is 0.230 e. The van der Waals surface area contributed by atoms with E-state index in [9.17, 15) is 0 Å². The number of nitrogens with zero attached hydrogens (tertiary/aromatic N) is 6. The predicted octanol–water partition coefficient (Wildman–Crippen LogP) is 1.40. The zero-order valence-electron chi connectivity index (χ0n) is 11.9. The molecule has 0 saturated carbocycles. The maximum atomic E-state index is 4.59. The molecule has 1 N–H and O–H groups in total. The lowest BCUT2D eigenvalue weighted by molar-refractivity contribution is 0.761. The van der Waals surface area contributed by atoms with E-state index in [0.29, 0.717) is 11.8 Å². The normalized spacial score (nSPS) is 14.8. The number of nitrogens with one attached hydrogen (secondary N) is 1. The molecule has 0 radical (unpaired) electrons. The molecule has 0 aliphatic carbocycles. The summed E-state index contributed by atoms with van der Waals surface area (Å²) < 4.78 is 2.03. The van der Waals surface area contributed by atoms with Crippen LogP contribution in [-0.2, 0) is 6.54 Å². The Morgan fingerprint density at radius 2 is 2.00 bits per heavy atom. The van der Waals surface area contributed by atoms with Crippen LogP contribution >= 0.6 is 0 Å². The second-order valence-electron chi connectivity index (χ2n) is 4.76. The lowest BCUT2D eigenvalue weighted by atomic mass is 10.4. The van der Waals surface area contributed by atoms with Crippen LogP contribution in [0.1, 0.15) is 19.8 Å². The summed E-state index contributed by atoms with van der Waals surface area (Å²) in [6, 6.07) is 0. The van der Waals surface area contributed by atoms with E-state index in [1.54, 1.807) is 6.20 Å². The van der Waals surface area contributed by atoms with Crippen LogP contribution in [0.3, 0.4) is 0 Å². The standard InChI is InChI=1S/C13H19N7/c1-3-19-9-6-15-11(19)10-16-12(14-2)18-13(17-10)20-7-4-5-8-20/h6,9H,3-5,7-8H2,1-2H3,(H,14,16,17,18). The molecule has 0 amide bonds. The molecular weight excluding hydrogens is 254 g/mol. The van der Waals surface area contributed by atoms with Gasteiger partial charge in [0.2, 0.25) is 17.7 Å². The van der Waals surface area contributed by atoms with Crippen molar-refractivity contribution in [1.82, 2.24) is 24.5 Å². The Hall–Kier alpha value is -2.18. The van der Waals surface area contributed by atoms with Gasteiger partial charge in [-0.25, -0.2) is 4.98 Å². The summed E-state index contributed by atoms with van der Waals surface area (Å²) in [5.41, 5.74) is 0. The molecule has 0 aromatic carbocycles. The number of hydrogen-bond acceptors (Lipinski definition) is 6. The summed E-state index contributed by atoms with van der Waals surface area (Å²) >= 11 is 0. The number of imidazole rings is 1. The molecule has 1 fully saturated rings. The first kappa shape index (κ1) is 12.8. The summed E-state index contributed by atoms with van der Waals surface area (Å²) in [4.78, 5) is 20.0. The van der Waals surface area contributed by atoms with Gasteiger partial charge in [0.25, 0.3) is 0 Å². The minimum absolute atomic E-state index is 0.586. The van der Waals surface area contributed by atoms with Crippen LogP contribution in [0.4, 0.5) is 11.9 Å². The van der Waals surface area contributed by atoms with E-state index in [1.807, 2.05) is 17.8 Å². The van der Waals surface area contributed by atoms with Crippen LogP contribution < -0.4 is 10.2 Å². The quantitative estimate of drug-likeness (QED) is 0.907. The van der Waals surface area contributed by atoms with Crippen molar-refractivity contribution in [2.45, 2.75) is 26.3 Å². The van der Waals surface area contributed by atoms with Crippen LogP contribution in [0.25, 0.3) is 11.6 Å². The number of hydrogen-bond donors (Lipinski definition) is 1. The van der Waals surface area contributed by atoms with Gasteiger partial charge in [-0.3, -0.25) is 0 Å². The zero-order valence-corrected chi connectivity index (χ0v) is 11.9. The highest BCUT2D eigenvalue weighted by molar-refractivity contribution is 5.51. The topological polar surface area (TPSA) is 71.8 Å². The number of aromatic nitrogens is 5. The first-order chi connectivity index (χ1) is 9.81. The van der Waals surface area contributed by atoms with E-state index >= 15 is 0 Å². The molecule has 3 heterocycles. The monoisotopic (exact) mass is 273 g/mol. The minimum atomic E-state index is 0.586. The third-order valence-electron chi connectivity index (χ3n) is 3.49. The van der Waals surface area contributed by atoms with Gasteiger partial charge in [-0.05, 0) is 19.8 Å². The fourth-order valence-electron chi connectivity index (χ4n) is 2.41. The Balaban J connectivity index is 2.03. The Morgan fingerprint density at radius 1 is 1.20 bits per heavy atom. The summed E-state index contributed by atoms with van der Waals surface area (Å²) in [5, 5.41) is 3.00. The predicted molar refractivity (Wildman–Crippen MR) is 77.7 cm³/mol. The molecule has 2 aromatic heterocycles. The molecule has 20 heavy (non-hydrogen) atoms. The first-order valence-corrected chi connectivity index (χ1v) is 7.02. The van der Waals surface area contributed by atoms with Crippen LogP contribution in [0.2, 0.25) is 0 Å². The Labute approximate surface area is 118 Å². The third-order valence-corrected chi connectivity index (χ3v) is 3.49. The molecule has 106 valence electrons. The van der Waals surface area contributed by atoms with Crippen LogP contribution in [0.15, 0.2) is 12.4 Å². The van der Waals surface area contributed by atoms with Crippen LogP contribution in [0, 0.1) is 0 Å². The van der Waals surface area contributed by atoms with Crippen molar-refractivity contribution in [2.24, 2.45) is 0 Å². The smallest absolute Gasteiger partial charge is 0.230 e. The minimum Gasteiger partial charge on any atom is -0.357 e. The second-order valence-corrected chi connectivity index (χ2v) is 4.76.